The van der Waals surface area contributed by atoms with E-state index < -0.39 is 6.04 Å². The fourth-order valence-electron chi connectivity index (χ4n) is 1.59. The van der Waals surface area contributed by atoms with Crippen LogP contribution < -0.4 is 0 Å². The SMILES string of the molecule is COC(=O)C(c1ccc(Cl)cc1)n1cccn1. The van der Waals surface area contributed by atoms with Crippen LogP contribution in [-0.4, -0.2) is 22.9 Å². The second-order valence-electron chi connectivity index (χ2n) is 3.46. The van der Waals surface area contributed by atoms with Gasteiger partial charge in [0.2, 0.25) is 0 Å². The lowest BCUT2D eigenvalue weighted by Gasteiger charge is -2.15. The van der Waals surface area contributed by atoms with Gasteiger partial charge in [-0.1, -0.05) is 23.7 Å². The van der Waals surface area contributed by atoms with Crippen molar-refractivity contribution in [2.75, 3.05) is 7.11 Å². The van der Waals surface area contributed by atoms with Crippen LogP contribution in [0.2, 0.25) is 5.02 Å². The molecule has 1 aromatic carbocycles. The van der Waals surface area contributed by atoms with E-state index in [1.165, 1.54) is 7.11 Å². The summed E-state index contributed by atoms with van der Waals surface area (Å²) in [6.07, 6.45) is 3.34. The number of hydrogen-bond donors (Lipinski definition) is 0. The number of benzene rings is 1. The monoisotopic (exact) mass is 250 g/mol. The number of rotatable bonds is 3. The predicted octanol–water partition coefficient (Wildman–Crippen LogP) is 2.30. The van der Waals surface area contributed by atoms with Gasteiger partial charge in [-0.3, -0.25) is 4.68 Å². The number of methoxy groups -OCH3 is 1. The van der Waals surface area contributed by atoms with Gasteiger partial charge in [0.1, 0.15) is 0 Å². The first-order chi connectivity index (χ1) is 8.22. The topological polar surface area (TPSA) is 44.1 Å². The molecule has 0 amide bonds. The number of hydrogen-bond acceptors (Lipinski definition) is 3. The summed E-state index contributed by atoms with van der Waals surface area (Å²) in [5.41, 5.74) is 0.782. The number of halogens is 1. The minimum atomic E-state index is -0.577. The minimum Gasteiger partial charge on any atom is -0.467 e. The first-order valence-corrected chi connectivity index (χ1v) is 5.42. The molecule has 0 aliphatic rings. The molecule has 1 heterocycles. The molecule has 0 aliphatic heterocycles. The molecule has 5 heteroatoms. The van der Waals surface area contributed by atoms with Gasteiger partial charge < -0.3 is 4.74 Å². The third kappa shape index (κ3) is 2.47. The summed E-state index contributed by atoms with van der Waals surface area (Å²) in [5.74, 6) is -0.365. The Kier molecular flexibility index (Phi) is 3.44. The molecular formula is C12H11ClN2O2. The lowest BCUT2D eigenvalue weighted by molar-refractivity contribution is -0.143. The molecule has 0 saturated carbocycles. The van der Waals surface area contributed by atoms with Crippen LogP contribution in [0.5, 0.6) is 0 Å². The van der Waals surface area contributed by atoms with Crippen molar-refractivity contribution in [3.63, 3.8) is 0 Å². The van der Waals surface area contributed by atoms with Crippen molar-refractivity contribution in [2.24, 2.45) is 0 Å². The first kappa shape index (κ1) is 11.7. The van der Waals surface area contributed by atoms with Crippen molar-refractivity contribution in [3.8, 4) is 0 Å². The smallest absolute Gasteiger partial charge is 0.335 e. The molecule has 2 rings (SSSR count). The fraction of sp³-hybridized carbons (Fsp3) is 0.167. The molecule has 1 atom stereocenters. The van der Waals surface area contributed by atoms with Gasteiger partial charge in [-0.15, -0.1) is 0 Å². The van der Waals surface area contributed by atoms with E-state index in [1.807, 2.05) is 0 Å². The predicted molar refractivity (Wildman–Crippen MR) is 63.8 cm³/mol. The Morgan fingerprint density at radius 3 is 2.65 bits per heavy atom. The summed E-state index contributed by atoms with van der Waals surface area (Å²) in [4.78, 5) is 11.8. The zero-order valence-corrected chi connectivity index (χ0v) is 9.96. The average Bonchev–Trinajstić information content (AvgIpc) is 2.85. The lowest BCUT2D eigenvalue weighted by Crippen LogP contribution is -2.22. The first-order valence-electron chi connectivity index (χ1n) is 5.05. The maximum atomic E-state index is 11.8. The minimum absolute atomic E-state index is 0.365. The summed E-state index contributed by atoms with van der Waals surface area (Å²) in [5, 5.41) is 4.69. The van der Waals surface area contributed by atoms with Crippen molar-refractivity contribution < 1.29 is 9.53 Å². The van der Waals surface area contributed by atoms with E-state index in [0.29, 0.717) is 5.02 Å². The molecule has 17 heavy (non-hydrogen) atoms. The Balaban J connectivity index is 2.40. The standard InChI is InChI=1S/C12H11ClN2O2/c1-17-12(16)11(15-8-2-7-14-15)9-3-5-10(13)6-4-9/h2-8,11H,1H3. The number of carbonyl (C=O) groups excluding carboxylic acids is 1. The van der Waals surface area contributed by atoms with E-state index in [0.717, 1.165) is 5.56 Å². The van der Waals surface area contributed by atoms with Crippen LogP contribution in [-0.2, 0) is 9.53 Å². The molecule has 0 spiro atoms. The highest BCUT2D eigenvalue weighted by molar-refractivity contribution is 6.30. The summed E-state index contributed by atoms with van der Waals surface area (Å²) >= 11 is 5.82. The highest BCUT2D eigenvalue weighted by Crippen LogP contribution is 2.21. The van der Waals surface area contributed by atoms with Crippen LogP contribution >= 0.6 is 11.6 Å². The Bertz CT molecular complexity index is 494. The number of aromatic nitrogens is 2. The van der Waals surface area contributed by atoms with Gasteiger partial charge in [-0.2, -0.15) is 5.10 Å². The van der Waals surface area contributed by atoms with E-state index in [1.54, 1.807) is 47.4 Å². The Morgan fingerprint density at radius 1 is 1.41 bits per heavy atom. The van der Waals surface area contributed by atoms with E-state index >= 15 is 0 Å². The maximum absolute atomic E-state index is 11.8. The van der Waals surface area contributed by atoms with Crippen LogP contribution in [0.15, 0.2) is 42.7 Å². The van der Waals surface area contributed by atoms with Crippen molar-refractivity contribution >= 4 is 17.6 Å². The molecular weight excluding hydrogens is 240 g/mol. The van der Waals surface area contributed by atoms with Gasteiger partial charge in [0, 0.05) is 17.4 Å². The second-order valence-corrected chi connectivity index (χ2v) is 3.90. The van der Waals surface area contributed by atoms with Gasteiger partial charge in [0.25, 0.3) is 0 Å². The number of nitrogens with zero attached hydrogens (tertiary/aromatic N) is 2. The Labute approximate surface area is 104 Å². The van der Waals surface area contributed by atoms with Crippen LogP contribution in [0.3, 0.4) is 0 Å². The highest BCUT2D eigenvalue weighted by atomic mass is 35.5. The molecule has 1 unspecified atom stereocenters. The van der Waals surface area contributed by atoms with E-state index in [-0.39, 0.29) is 5.97 Å². The maximum Gasteiger partial charge on any atom is 0.335 e. The van der Waals surface area contributed by atoms with Gasteiger partial charge in [-0.25, -0.2) is 4.79 Å². The normalized spacial score (nSPS) is 12.1. The second kappa shape index (κ2) is 5.01. The van der Waals surface area contributed by atoms with Crippen molar-refractivity contribution in [2.45, 2.75) is 6.04 Å². The van der Waals surface area contributed by atoms with Crippen molar-refractivity contribution in [3.05, 3.63) is 53.3 Å². The van der Waals surface area contributed by atoms with Crippen LogP contribution in [0, 0.1) is 0 Å². The number of esters is 1. The third-order valence-electron chi connectivity index (χ3n) is 2.40. The molecule has 1 aromatic heterocycles. The van der Waals surface area contributed by atoms with Crippen molar-refractivity contribution in [1.82, 2.24) is 9.78 Å². The molecule has 88 valence electrons. The van der Waals surface area contributed by atoms with E-state index in [2.05, 4.69) is 5.10 Å². The number of ether oxygens (including phenoxy) is 1. The van der Waals surface area contributed by atoms with Crippen LogP contribution in [0.4, 0.5) is 0 Å². The fourth-order valence-corrected chi connectivity index (χ4v) is 1.71. The van der Waals surface area contributed by atoms with Crippen molar-refractivity contribution in [1.29, 1.82) is 0 Å². The average molecular weight is 251 g/mol. The summed E-state index contributed by atoms with van der Waals surface area (Å²) in [6.45, 7) is 0. The molecule has 0 saturated heterocycles. The van der Waals surface area contributed by atoms with Crippen LogP contribution in [0.1, 0.15) is 11.6 Å². The van der Waals surface area contributed by atoms with Gasteiger partial charge in [0.05, 0.1) is 7.11 Å². The molecule has 0 N–H and O–H groups in total. The third-order valence-corrected chi connectivity index (χ3v) is 2.65. The van der Waals surface area contributed by atoms with E-state index in [9.17, 15) is 4.79 Å². The van der Waals surface area contributed by atoms with Crippen LogP contribution in [0.25, 0.3) is 0 Å². The molecule has 0 radical (unpaired) electrons. The van der Waals surface area contributed by atoms with Gasteiger partial charge in [0.15, 0.2) is 6.04 Å². The largest absolute Gasteiger partial charge is 0.467 e. The van der Waals surface area contributed by atoms with Gasteiger partial charge >= 0.3 is 5.97 Å². The molecule has 0 fully saturated rings. The number of carbonyl (C=O) groups is 1. The summed E-state index contributed by atoms with van der Waals surface area (Å²) in [7, 11) is 1.36. The highest BCUT2D eigenvalue weighted by Gasteiger charge is 2.23. The summed E-state index contributed by atoms with van der Waals surface area (Å²) < 4.78 is 6.34. The Morgan fingerprint density at radius 2 is 2.12 bits per heavy atom. The molecule has 0 bridgehead atoms. The summed E-state index contributed by atoms with van der Waals surface area (Å²) in [6, 6.07) is 8.21. The lowest BCUT2D eigenvalue weighted by atomic mass is 10.1. The zero-order valence-electron chi connectivity index (χ0n) is 9.21. The molecule has 2 aromatic rings. The quantitative estimate of drug-likeness (QED) is 0.785. The van der Waals surface area contributed by atoms with E-state index in [4.69, 9.17) is 16.3 Å². The molecule has 4 nitrogen and oxygen atoms in total. The molecule has 0 aliphatic carbocycles. The zero-order chi connectivity index (χ0) is 12.3. The van der Waals surface area contributed by atoms with Gasteiger partial charge in [-0.05, 0) is 23.8 Å². The Hall–Kier alpha value is -1.81.